The summed E-state index contributed by atoms with van der Waals surface area (Å²) in [4.78, 5) is 10.4. The smallest absolute Gasteiger partial charge is 0.303 e. The van der Waals surface area contributed by atoms with Crippen LogP contribution in [0.1, 0.15) is 25.6 Å². The molecular weight excluding hydrogens is 204 g/mol. The maximum Gasteiger partial charge on any atom is 0.303 e. The van der Waals surface area contributed by atoms with E-state index in [-0.39, 0.29) is 6.42 Å². The fourth-order valence-corrected chi connectivity index (χ4v) is 1.45. The highest BCUT2D eigenvalue weighted by Crippen LogP contribution is 2.30. The Bertz CT molecular complexity index is 336. The summed E-state index contributed by atoms with van der Waals surface area (Å²) in [6, 6.07) is 0. The molecule has 0 aliphatic rings. The number of tetrazole rings is 1. The van der Waals surface area contributed by atoms with Crippen molar-refractivity contribution in [1.82, 2.24) is 20.2 Å². The first-order valence-electron chi connectivity index (χ1n) is 4.10. The van der Waals surface area contributed by atoms with Gasteiger partial charge in [-0.1, -0.05) is 0 Å². The zero-order valence-electron chi connectivity index (χ0n) is 8.01. The Hall–Kier alpha value is -1.11. The van der Waals surface area contributed by atoms with Crippen LogP contribution in [0.15, 0.2) is 0 Å². The van der Waals surface area contributed by atoms with E-state index in [1.165, 1.54) is 4.68 Å². The molecule has 1 unspecified atom stereocenters. The molecule has 1 aromatic heterocycles. The van der Waals surface area contributed by atoms with Gasteiger partial charge in [0, 0.05) is 13.5 Å². The second kappa shape index (κ2) is 3.95. The van der Waals surface area contributed by atoms with E-state index in [1.807, 2.05) is 0 Å². The quantitative estimate of drug-likeness (QED) is 0.704. The first-order valence-corrected chi connectivity index (χ1v) is 4.55. The molecule has 0 aromatic carbocycles. The van der Waals surface area contributed by atoms with Crippen molar-refractivity contribution in [1.29, 1.82) is 0 Å². The van der Waals surface area contributed by atoms with Gasteiger partial charge in [0.15, 0.2) is 5.82 Å². The van der Waals surface area contributed by atoms with E-state index in [2.05, 4.69) is 28.2 Å². The van der Waals surface area contributed by atoms with Crippen molar-refractivity contribution in [3.63, 3.8) is 0 Å². The maximum absolute atomic E-state index is 10.4. The lowest BCUT2D eigenvalue weighted by molar-refractivity contribution is -0.137. The summed E-state index contributed by atoms with van der Waals surface area (Å²) in [5.74, 6) is -0.275. The summed E-state index contributed by atoms with van der Waals surface area (Å²) in [6.07, 6.45) is 0.437. The Labute approximate surface area is 86.7 Å². The van der Waals surface area contributed by atoms with Crippen LogP contribution in [0.25, 0.3) is 0 Å². The van der Waals surface area contributed by atoms with Crippen molar-refractivity contribution in [2.24, 2.45) is 7.05 Å². The normalized spacial score (nSPS) is 15.1. The van der Waals surface area contributed by atoms with Crippen LogP contribution >= 0.6 is 12.6 Å². The molecule has 0 amide bonds. The fraction of sp³-hybridized carbons (Fsp3) is 0.714. The van der Waals surface area contributed by atoms with Gasteiger partial charge in [0.2, 0.25) is 0 Å². The molecule has 1 atom stereocenters. The van der Waals surface area contributed by atoms with Crippen LogP contribution in [0.2, 0.25) is 0 Å². The van der Waals surface area contributed by atoms with Crippen molar-refractivity contribution in [3.05, 3.63) is 5.82 Å². The minimum Gasteiger partial charge on any atom is -0.481 e. The molecule has 1 rings (SSSR count). The first kappa shape index (κ1) is 11.0. The number of aliphatic carboxylic acids is 1. The number of hydrogen-bond donors (Lipinski definition) is 2. The van der Waals surface area contributed by atoms with E-state index >= 15 is 0 Å². The molecule has 0 saturated heterocycles. The van der Waals surface area contributed by atoms with Gasteiger partial charge in [-0.3, -0.25) is 4.79 Å². The molecule has 0 spiro atoms. The summed E-state index contributed by atoms with van der Waals surface area (Å²) in [6.45, 7) is 1.80. The molecule has 0 saturated carbocycles. The molecule has 0 fully saturated rings. The zero-order chi connectivity index (χ0) is 10.8. The number of carbonyl (C=O) groups is 1. The summed E-state index contributed by atoms with van der Waals surface area (Å²) < 4.78 is 0.880. The topological polar surface area (TPSA) is 80.9 Å². The van der Waals surface area contributed by atoms with Gasteiger partial charge >= 0.3 is 5.97 Å². The van der Waals surface area contributed by atoms with Gasteiger partial charge in [0.05, 0.1) is 4.75 Å². The predicted octanol–water partition coefficient (Wildman–Crippen LogP) is 0.220. The molecule has 6 nitrogen and oxygen atoms in total. The van der Waals surface area contributed by atoms with E-state index in [1.54, 1.807) is 14.0 Å². The van der Waals surface area contributed by atoms with Crippen LogP contribution in [0, 0.1) is 0 Å². The Morgan fingerprint density at radius 1 is 1.71 bits per heavy atom. The maximum atomic E-state index is 10.4. The Morgan fingerprint density at radius 3 is 2.79 bits per heavy atom. The number of hydrogen-bond acceptors (Lipinski definition) is 5. The molecule has 0 aliphatic carbocycles. The molecule has 1 heterocycles. The lowest BCUT2D eigenvalue weighted by Gasteiger charge is -2.20. The van der Waals surface area contributed by atoms with Crippen LogP contribution in [-0.2, 0) is 16.6 Å². The monoisotopic (exact) mass is 216 g/mol. The first-order chi connectivity index (χ1) is 6.43. The Kier molecular flexibility index (Phi) is 3.10. The molecule has 14 heavy (non-hydrogen) atoms. The minimum absolute atomic E-state index is 0.0485. The summed E-state index contributed by atoms with van der Waals surface area (Å²) in [5, 5.41) is 19.5. The fourth-order valence-electron chi connectivity index (χ4n) is 1.15. The molecule has 0 aliphatic heterocycles. The van der Waals surface area contributed by atoms with E-state index in [0.29, 0.717) is 12.2 Å². The van der Waals surface area contributed by atoms with Gasteiger partial charge in [0.25, 0.3) is 0 Å². The molecule has 7 heteroatoms. The van der Waals surface area contributed by atoms with Crippen molar-refractivity contribution in [2.45, 2.75) is 24.5 Å². The number of carboxylic acids is 1. The summed E-state index contributed by atoms with van der Waals surface area (Å²) in [7, 11) is 1.70. The van der Waals surface area contributed by atoms with Crippen LogP contribution < -0.4 is 0 Å². The van der Waals surface area contributed by atoms with Crippen LogP contribution in [0.4, 0.5) is 0 Å². The third-order valence-electron chi connectivity index (χ3n) is 1.93. The van der Waals surface area contributed by atoms with Crippen LogP contribution in [0.3, 0.4) is 0 Å². The van der Waals surface area contributed by atoms with E-state index < -0.39 is 10.7 Å². The molecule has 78 valence electrons. The van der Waals surface area contributed by atoms with Crippen molar-refractivity contribution in [3.8, 4) is 0 Å². The molecule has 0 bridgehead atoms. The van der Waals surface area contributed by atoms with Gasteiger partial charge in [-0.15, -0.1) is 5.10 Å². The van der Waals surface area contributed by atoms with Crippen molar-refractivity contribution >= 4 is 18.6 Å². The number of aromatic nitrogens is 4. The van der Waals surface area contributed by atoms with E-state index in [4.69, 9.17) is 5.11 Å². The molecule has 1 aromatic rings. The highest BCUT2D eigenvalue weighted by Gasteiger charge is 2.28. The molecule has 0 radical (unpaired) electrons. The number of rotatable bonds is 4. The Balaban J connectivity index is 2.75. The van der Waals surface area contributed by atoms with E-state index in [0.717, 1.165) is 0 Å². The average Bonchev–Trinajstić information content (AvgIpc) is 2.48. The Morgan fingerprint density at radius 2 is 2.36 bits per heavy atom. The summed E-state index contributed by atoms with van der Waals surface area (Å²) >= 11 is 4.36. The van der Waals surface area contributed by atoms with Gasteiger partial charge in [-0.25, -0.2) is 4.68 Å². The lowest BCUT2D eigenvalue weighted by Crippen LogP contribution is -2.21. The van der Waals surface area contributed by atoms with Gasteiger partial charge in [-0.2, -0.15) is 12.6 Å². The highest BCUT2D eigenvalue weighted by atomic mass is 32.1. The number of thiol groups is 1. The number of nitrogens with zero attached hydrogens (tertiary/aromatic N) is 4. The second-order valence-electron chi connectivity index (χ2n) is 3.29. The number of aryl methyl sites for hydroxylation is 1. The van der Waals surface area contributed by atoms with Gasteiger partial charge in [-0.05, 0) is 23.8 Å². The van der Waals surface area contributed by atoms with Gasteiger partial charge < -0.3 is 5.11 Å². The minimum atomic E-state index is -0.847. The highest BCUT2D eigenvalue weighted by molar-refractivity contribution is 7.81. The van der Waals surface area contributed by atoms with Crippen LogP contribution in [-0.4, -0.2) is 31.3 Å². The SMILES string of the molecule is Cn1nnnc1C(C)(S)CCC(=O)O. The molecular formula is C7H12N4O2S. The van der Waals surface area contributed by atoms with Crippen molar-refractivity contribution in [2.75, 3.05) is 0 Å². The zero-order valence-corrected chi connectivity index (χ0v) is 8.90. The van der Waals surface area contributed by atoms with E-state index in [9.17, 15) is 4.79 Å². The van der Waals surface area contributed by atoms with Crippen LogP contribution in [0.5, 0.6) is 0 Å². The second-order valence-corrected chi connectivity index (χ2v) is 4.28. The molecule has 1 N–H and O–H groups in total. The largest absolute Gasteiger partial charge is 0.481 e. The third-order valence-corrected chi connectivity index (χ3v) is 2.35. The predicted molar refractivity (Wildman–Crippen MR) is 52.0 cm³/mol. The van der Waals surface area contributed by atoms with Gasteiger partial charge in [0.1, 0.15) is 0 Å². The lowest BCUT2D eigenvalue weighted by atomic mass is 10.0. The third kappa shape index (κ3) is 2.44. The average molecular weight is 216 g/mol. The summed E-state index contributed by atoms with van der Waals surface area (Å²) in [5.41, 5.74) is 0. The standard InChI is InChI=1S/C7H12N4O2S/c1-7(14,4-3-5(12)13)6-8-9-10-11(6)2/h14H,3-4H2,1-2H3,(H,12,13). The number of carboxylic acid groups (broad SMARTS) is 1. The van der Waals surface area contributed by atoms with Crippen molar-refractivity contribution < 1.29 is 9.90 Å².